The van der Waals surface area contributed by atoms with E-state index in [1.54, 1.807) is 6.08 Å². The number of aliphatic hydroxyl groups excluding tert-OH is 8. The van der Waals surface area contributed by atoms with Gasteiger partial charge in [-0.15, -0.1) is 0 Å². The number of rotatable bonds is 39. The van der Waals surface area contributed by atoms with E-state index in [0.717, 1.165) is 57.8 Å². The van der Waals surface area contributed by atoms with Crippen LogP contribution in [0.1, 0.15) is 174 Å². The van der Waals surface area contributed by atoms with Gasteiger partial charge < -0.3 is 65.1 Å². The number of ether oxygens (including phenoxy) is 4. The van der Waals surface area contributed by atoms with Crippen LogP contribution in [0, 0.1) is 0 Å². The first-order valence-corrected chi connectivity index (χ1v) is 26.0. The van der Waals surface area contributed by atoms with E-state index in [1.807, 2.05) is 6.08 Å². The smallest absolute Gasteiger partial charge is 0.220 e. The number of allylic oxidation sites excluding steroid dienone is 9. The van der Waals surface area contributed by atoms with Crippen molar-refractivity contribution >= 4 is 5.91 Å². The number of carbonyl (C=O) groups excluding carboxylic acids is 1. The van der Waals surface area contributed by atoms with Crippen molar-refractivity contribution in [3.8, 4) is 0 Å². The van der Waals surface area contributed by atoms with Crippen molar-refractivity contribution < 1.29 is 64.6 Å². The van der Waals surface area contributed by atoms with Gasteiger partial charge in [0.15, 0.2) is 12.6 Å². The highest BCUT2D eigenvalue weighted by Gasteiger charge is 2.51. The third-order valence-corrected chi connectivity index (χ3v) is 12.4. The molecule has 67 heavy (non-hydrogen) atoms. The van der Waals surface area contributed by atoms with Crippen LogP contribution in [0.4, 0.5) is 0 Å². The predicted molar refractivity (Wildman–Crippen MR) is 263 cm³/mol. The fraction of sp³-hybridized carbons (Fsp3) is 0.792. The molecule has 0 aromatic carbocycles. The molecule has 0 aromatic rings. The fourth-order valence-electron chi connectivity index (χ4n) is 8.10. The summed E-state index contributed by atoms with van der Waals surface area (Å²) in [5.41, 5.74) is 0. The lowest BCUT2D eigenvalue weighted by Gasteiger charge is -2.46. The molecule has 388 valence electrons. The van der Waals surface area contributed by atoms with Crippen LogP contribution in [0.2, 0.25) is 0 Å². The number of nitrogens with one attached hydrogen (secondary N) is 1. The predicted octanol–water partition coefficient (Wildman–Crippen LogP) is 7.05. The van der Waals surface area contributed by atoms with Crippen molar-refractivity contribution in [2.24, 2.45) is 0 Å². The molecule has 12 atom stereocenters. The van der Waals surface area contributed by atoms with Crippen LogP contribution >= 0.6 is 0 Å². The lowest BCUT2D eigenvalue weighted by molar-refractivity contribution is -0.359. The van der Waals surface area contributed by atoms with Gasteiger partial charge >= 0.3 is 0 Å². The molecule has 1 amide bonds. The van der Waals surface area contributed by atoms with Gasteiger partial charge in [0.2, 0.25) is 5.91 Å². The maximum absolute atomic E-state index is 13.2. The highest BCUT2D eigenvalue weighted by atomic mass is 16.7. The van der Waals surface area contributed by atoms with Gasteiger partial charge in [0.25, 0.3) is 0 Å². The Morgan fingerprint density at radius 3 is 1.60 bits per heavy atom. The lowest BCUT2D eigenvalue weighted by atomic mass is 9.97. The first-order valence-electron chi connectivity index (χ1n) is 26.0. The molecule has 2 aliphatic heterocycles. The Morgan fingerprint density at radius 2 is 1.01 bits per heavy atom. The van der Waals surface area contributed by atoms with Crippen LogP contribution in [-0.2, 0) is 23.7 Å². The molecule has 2 aliphatic rings. The van der Waals surface area contributed by atoms with Crippen molar-refractivity contribution in [1.29, 1.82) is 0 Å². The molecule has 0 spiro atoms. The van der Waals surface area contributed by atoms with Gasteiger partial charge in [-0.1, -0.05) is 158 Å². The Bertz CT molecular complexity index is 1360. The van der Waals surface area contributed by atoms with E-state index in [9.17, 15) is 45.6 Å². The molecule has 0 bridgehead atoms. The Labute approximate surface area is 403 Å². The van der Waals surface area contributed by atoms with Crippen molar-refractivity contribution in [2.75, 3.05) is 19.8 Å². The maximum atomic E-state index is 13.2. The average Bonchev–Trinajstić information content (AvgIpc) is 3.32. The van der Waals surface area contributed by atoms with Crippen LogP contribution < -0.4 is 5.32 Å². The number of aliphatic hydroxyl groups is 8. The second-order valence-electron chi connectivity index (χ2n) is 18.3. The summed E-state index contributed by atoms with van der Waals surface area (Å²) in [6.45, 7) is 2.68. The summed E-state index contributed by atoms with van der Waals surface area (Å²) in [5.74, 6) is -0.262. The molecule has 14 heteroatoms. The minimum atomic E-state index is -1.79. The largest absolute Gasteiger partial charge is 0.394 e. The summed E-state index contributed by atoms with van der Waals surface area (Å²) < 4.78 is 22.6. The monoisotopic (exact) mass is 952 g/mol. The first-order chi connectivity index (χ1) is 32.6. The third kappa shape index (κ3) is 26.5. The van der Waals surface area contributed by atoms with Crippen LogP contribution in [-0.4, -0.2) is 140 Å². The summed E-state index contributed by atoms with van der Waals surface area (Å²) in [6, 6.07) is -0.940. The van der Waals surface area contributed by atoms with E-state index in [-0.39, 0.29) is 18.9 Å². The summed E-state index contributed by atoms with van der Waals surface area (Å²) >= 11 is 0. The number of hydrogen-bond acceptors (Lipinski definition) is 13. The Balaban J connectivity index is 1.82. The van der Waals surface area contributed by atoms with E-state index in [0.29, 0.717) is 12.8 Å². The average molecular weight is 952 g/mol. The van der Waals surface area contributed by atoms with Crippen LogP contribution in [0.25, 0.3) is 0 Å². The second kappa shape index (κ2) is 39.4. The summed E-state index contributed by atoms with van der Waals surface area (Å²) in [7, 11) is 0. The molecule has 2 fully saturated rings. The minimum absolute atomic E-state index is 0.262. The van der Waals surface area contributed by atoms with E-state index in [1.165, 1.54) is 83.5 Å². The molecule has 0 saturated carbocycles. The molecule has 0 aliphatic carbocycles. The number of unbranched alkanes of at least 4 members (excludes halogenated alkanes) is 18. The SMILES string of the molecule is CCCC/C=C/CC/C=C/CC/C=C/C(O)C(COC1OC(CO)C(OC2OC(CO)C(O)C(O)C2O)C(O)C1O)NC(=O)CCCCCCCCCCC/C=C\C/C=C\CCCCCCC. The highest BCUT2D eigenvalue weighted by molar-refractivity contribution is 5.76. The van der Waals surface area contributed by atoms with Gasteiger partial charge in [-0.05, 0) is 70.6 Å². The Hall–Kier alpha value is -2.31. The molecule has 2 saturated heterocycles. The molecular formula is C53H93NO13. The molecular weight excluding hydrogens is 859 g/mol. The van der Waals surface area contributed by atoms with Crippen LogP contribution in [0.5, 0.6) is 0 Å². The number of carbonyl (C=O) groups is 1. The Morgan fingerprint density at radius 1 is 0.537 bits per heavy atom. The van der Waals surface area contributed by atoms with Crippen molar-refractivity contribution in [3.63, 3.8) is 0 Å². The van der Waals surface area contributed by atoms with Crippen molar-refractivity contribution in [2.45, 2.75) is 248 Å². The zero-order chi connectivity index (χ0) is 48.9. The van der Waals surface area contributed by atoms with Gasteiger partial charge in [-0.25, -0.2) is 0 Å². The van der Waals surface area contributed by atoms with E-state index >= 15 is 0 Å². The van der Waals surface area contributed by atoms with Gasteiger partial charge in [0.05, 0.1) is 32.0 Å². The van der Waals surface area contributed by atoms with E-state index in [4.69, 9.17) is 18.9 Å². The van der Waals surface area contributed by atoms with Gasteiger partial charge in [0.1, 0.15) is 48.8 Å². The van der Waals surface area contributed by atoms with E-state index < -0.39 is 86.8 Å². The molecule has 2 heterocycles. The fourth-order valence-corrected chi connectivity index (χ4v) is 8.10. The van der Waals surface area contributed by atoms with Crippen LogP contribution in [0.3, 0.4) is 0 Å². The molecule has 9 N–H and O–H groups in total. The second-order valence-corrected chi connectivity index (χ2v) is 18.3. The molecule has 0 radical (unpaired) electrons. The van der Waals surface area contributed by atoms with Gasteiger partial charge in [0, 0.05) is 6.42 Å². The van der Waals surface area contributed by atoms with Gasteiger partial charge in [-0.3, -0.25) is 4.79 Å². The lowest BCUT2D eigenvalue weighted by Crippen LogP contribution is -2.65. The highest BCUT2D eigenvalue weighted by Crippen LogP contribution is 2.30. The first kappa shape index (κ1) is 60.8. The summed E-state index contributed by atoms with van der Waals surface area (Å²) in [5, 5.41) is 86.7. The zero-order valence-electron chi connectivity index (χ0n) is 41.1. The molecule has 14 nitrogen and oxygen atoms in total. The molecule has 12 unspecified atom stereocenters. The quantitative estimate of drug-likeness (QED) is 0.0223. The van der Waals surface area contributed by atoms with Crippen molar-refractivity contribution in [3.05, 3.63) is 60.8 Å². The van der Waals surface area contributed by atoms with Crippen LogP contribution in [0.15, 0.2) is 60.8 Å². The van der Waals surface area contributed by atoms with Gasteiger partial charge in [-0.2, -0.15) is 0 Å². The molecule has 2 rings (SSSR count). The number of hydrogen-bond donors (Lipinski definition) is 9. The summed E-state index contributed by atoms with van der Waals surface area (Å²) in [6.07, 6.45) is 31.2. The number of amides is 1. The third-order valence-electron chi connectivity index (χ3n) is 12.4. The standard InChI is InChI=1S/C53H93NO13/c1-3-5-7-9-11-13-15-17-18-19-20-21-22-23-24-25-27-29-31-33-35-37-45(58)54-41(42(57)36-34-32-30-28-26-16-14-12-10-8-6-4-2)40-64-52-50(63)48(61)51(44(39-56)66-52)67-53-49(62)47(60)46(59)43(38-55)65-53/h10,12,15,17,19-20,26,28,34,36,41-44,46-53,55-57,59-63H,3-9,11,13-14,16,18,21-25,27,29-33,35,37-40H2,1-2H3,(H,54,58)/b12-10+,17-15-,20-19-,28-26+,36-34+. The minimum Gasteiger partial charge on any atom is -0.394 e. The van der Waals surface area contributed by atoms with Crippen molar-refractivity contribution in [1.82, 2.24) is 5.32 Å². The Kier molecular flexibility index (Phi) is 35.8. The topological polar surface area (TPSA) is 228 Å². The summed E-state index contributed by atoms with van der Waals surface area (Å²) in [4.78, 5) is 13.2. The maximum Gasteiger partial charge on any atom is 0.220 e. The normalized spacial score (nSPS) is 27.1. The zero-order valence-corrected chi connectivity index (χ0v) is 41.1. The molecule has 0 aromatic heterocycles. The van der Waals surface area contributed by atoms with E-state index in [2.05, 4.69) is 67.8 Å².